The highest BCUT2D eigenvalue weighted by atomic mass is 16.1. The van der Waals surface area contributed by atoms with Gasteiger partial charge in [-0.25, -0.2) is 0 Å². The summed E-state index contributed by atoms with van der Waals surface area (Å²) in [4.78, 5) is 23.2. The van der Waals surface area contributed by atoms with E-state index >= 15 is 0 Å². The van der Waals surface area contributed by atoms with Crippen molar-refractivity contribution in [2.75, 3.05) is 5.32 Å². The smallest absolute Gasteiger partial charge is 0.248 e. The summed E-state index contributed by atoms with van der Waals surface area (Å²) >= 11 is 0. The molecule has 0 fully saturated rings. The molecule has 1 N–H and O–H groups in total. The summed E-state index contributed by atoms with van der Waals surface area (Å²) in [5.41, 5.74) is 2.47. The highest BCUT2D eigenvalue weighted by Gasteiger charge is 2.07. The Morgan fingerprint density at radius 2 is 1.71 bits per heavy atom. The van der Waals surface area contributed by atoms with Gasteiger partial charge in [-0.15, -0.1) is 0 Å². The Kier molecular flexibility index (Phi) is 4.88. The molecule has 0 unspecified atom stereocenters. The van der Waals surface area contributed by atoms with Gasteiger partial charge in [-0.05, 0) is 30.4 Å². The second-order valence-electron chi connectivity index (χ2n) is 4.86. The summed E-state index contributed by atoms with van der Waals surface area (Å²) in [7, 11) is 0. The summed E-state index contributed by atoms with van der Waals surface area (Å²) in [5.74, 6) is -0.127. The Balaban J connectivity index is 2.38. The molecule has 0 spiro atoms. The van der Waals surface area contributed by atoms with Gasteiger partial charge in [-0.2, -0.15) is 0 Å². The van der Waals surface area contributed by atoms with Crippen LogP contribution in [-0.4, -0.2) is 12.2 Å². The number of anilines is 1. The first kappa shape index (κ1) is 15.0. The number of rotatable bonds is 5. The highest BCUT2D eigenvalue weighted by Crippen LogP contribution is 2.26. The molecule has 0 aliphatic rings. The molecule has 0 bridgehead atoms. The van der Waals surface area contributed by atoms with E-state index in [9.17, 15) is 9.59 Å². The van der Waals surface area contributed by atoms with Gasteiger partial charge in [0.05, 0.1) is 0 Å². The van der Waals surface area contributed by atoms with Crippen molar-refractivity contribution in [2.45, 2.75) is 26.7 Å². The van der Waals surface area contributed by atoms with E-state index in [1.165, 1.54) is 0 Å². The minimum Gasteiger partial charge on any atom is -0.322 e. The largest absolute Gasteiger partial charge is 0.322 e. The fraction of sp³-hybridized carbons (Fsp3) is 0.222. The van der Waals surface area contributed by atoms with Crippen molar-refractivity contribution in [1.29, 1.82) is 0 Å². The van der Waals surface area contributed by atoms with Gasteiger partial charge >= 0.3 is 0 Å². The van der Waals surface area contributed by atoms with E-state index in [2.05, 4.69) is 5.32 Å². The van der Waals surface area contributed by atoms with Crippen molar-refractivity contribution in [3.05, 3.63) is 53.6 Å². The fourth-order valence-corrected chi connectivity index (χ4v) is 2.34. The molecule has 2 aromatic rings. The summed E-state index contributed by atoms with van der Waals surface area (Å²) in [5, 5.41) is 4.63. The molecule has 0 heterocycles. The Morgan fingerprint density at radius 1 is 1.05 bits per heavy atom. The first-order valence-electron chi connectivity index (χ1n) is 7.17. The predicted octanol–water partition coefficient (Wildman–Crippen LogP) is 4.34. The van der Waals surface area contributed by atoms with Crippen molar-refractivity contribution in [2.24, 2.45) is 0 Å². The van der Waals surface area contributed by atoms with Crippen molar-refractivity contribution < 1.29 is 9.59 Å². The average molecular weight is 281 g/mol. The normalized spacial score (nSPS) is 10.2. The number of hydrogen-bond acceptors (Lipinski definition) is 2. The third kappa shape index (κ3) is 3.37. The van der Waals surface area contributed by atoms with E-state index in [1.54, 1.807) is 18.2 Å². The molecule has 1 amide bonds. The molecular formula is C18H19NO2. The van der Waals surface area contributed by atoms with Crippen LogP contribution < -0.4 is 5.32 Å². The molecule has 0 radical (unpaired) electrons. The van der Waals surface area contributed by atoms with Crippen LogP contribution in [0.1, 0.15) is 37.0 Å². The number of hydrogen-bond donors (Lipinski definition) is 1. The Morgan fingerprint density at radius 3 is 2.33 bits per heavy atom. The third-order valence-electron chi connectivity index (χ3n) is 3.59. The summed E-state index contributed by atoms with van der Waals surface area (Å²) in [6.45, 7) is 4.08. The zero-order chi connectivity index (χ0) is 15.2. The number of allylic oxidation sites excluding steroid dienone is 1. The molecule has 3 heteroatoms. The lowest BCUT2D eigenvalue weighted by molar-refractivity contribution is -0.112. The number of fused-ring (bicyclic) bond motifs is 1. The van der Waals surface area contributed by atoms with Crippen molar-refractivity contribution in [3.8, 4) is 0 Å². The van der Waals surface area contributed by atoms with Gasteiger partial charge in [0.1, 0.15) is 0 Å². The van der Waals surface area contributed by atoms with Crippen molar-refractivity contribution >= 4 is 28.7 Å². The van der Waals surface area contributed by atoms with Gasteiger partial charge < -0.3 is 5.32 Å². The lowest BCUT2D eigenvalue weighted by Gasteiger charge is -2.09. The Hall–Kier alpha value is -2.42. The van der Waals surface area contributed by atoms with Gasteiger partial charge in [0.15, 0.2) is 6.29 Å². The number of benzene rings is 2. The van der Waals surface area contributed by atoms with E-state index < -0.39 is 0 Å². The van der Waals surface area contributed by atoms with Crippen LogP contribution in [0.15, 0.2) is 48.0 Å². The maximum Gasteiger partial charge on any atom is 0.248 e. The van der Waals surface area contributed by atoms with Gasteiger partial charge in [-0.1, -0.05) is 43.7 Å². The zero-order valence-electron chi connectivity index (χ0n) is 12.3. The Bertz CT molecular complexity index is 695. The van der Waals surface area contributed by atoms with Crippen LogP contribution in [0.5, 0.6) is 0 Å². The summed E-state index contributed by atoms with van der Waals surface area (Å²) in [6, 6.07) is 11.1. The molecule has 3 nitrogen and oxygen atoms in total. The van der Waals surface area contributed by atoms with Gasteiger partial charge in [-0.3, -0.25) is 9.59 Å². The molecule has 108 valence electrons. The molecule has 0 saturated heterocycles. The van der Waals surface area contributed by atoms with E-state index in [1.807, 2.05) is 38.1 Å². The maximum atomic E-state index is 12.1. The molecule has 0 saturated carbocycles. The maximum absolute atomic E-state index is 12.1. The van der Waals surface area contributed by atoms with Crippen LogP contribution in [0, 0.1) is 0 Å². The van der Waals surface area contributed by atoms with Crippen molar-refractivity contribution in [3.63, 3.8) is 0 Å². The Labute approximate surface area is 124 Å². The van der Waals surface area contributed by atoms with E-state index in [4.69, 9.17) is 0 Å². The quantitative estimate of drug-likeness (QED) is 0.654. The topological polar surface area (TPSA) is 46.2 Å². The SMILES string of the molecule is CCC(=CC(=O)Nc1ccc(C=O)c2ccccc12)CC. The average Bonchev–Trinajstić information content (AvgIpc) is 2.53. The first-order chi connectivity index (χ1) is 10.2. The lowest BCUT2D eigenvalue weighted by atomic mass is 10.0. The number of amides is 1. The van der Waals surface area contributed by atoms with Crippen LogP contribution in [0.4, 0.5) is 5.69 Å². The second kappa shape index (κ2) is 6.84. The van der Waals surface area contributed by atoms with Crippen LogP contribution in [-0.2, 0) is 4.79 Å². The van der Waals surface area contributed by atoms with Crippen LogP contribution in [0.3, 0.4) is 0 Å². The number of aldehydes is 1. The molecule has 21 heavy (non-hydrogen) atoms. The minimum atomic E-state index is -0.127. The van der Waals surface area contributed by atoms with Gasteiger partial charge in [0, 0.05) is 22.7 Å². The molecule has 2 aromatic carbocycles. The summed E-state index contributed by atoms with van der Waals surface area (Å²) in [6.07, 6.45) is 4.23. The zero-order valence-corrected chi connectivity index (χ0v) is 12.3. The van der Waals surface area contributed by atoms with Crippen LogP contribution in [0.2, 0.25) is 0 Å². The predicted molar refractivity (Wildman–Crippen MR) is 86.6 cm³/mol. The first-order valence-corrected chi connectivity index (χ1v) is 7.17. The number of nitrogens with one attached hydrogen (secondary N) is 1. The molecule has 2 rings (SSSR count). The standard InChI is InChI=1S/C18H19NO2/c1-3-13(4-2)11-18(21)19-17-10-9-14(12-20)15-7-5-6-8-16(15)17/h5-12H,3-4H2,1-2H3,(H,19,21). The monoisotopic (exact) mass is 281 g/mol. The van der Waals surface area contributed by atoms with E-state index in [-0.39, 0.29) is 5.91 Å². The lowest BCUT2D eigenvalue weighted by Crippen LogP contribution is -2.09. The number of carbonyl (C=O) groups is 2. The molecule has 0 aromatic heterocycles. The molecule has 0 atom stereocenters. The van der Waals surface area contributed by atoms with E-state index in [0.717, 1.165) is 41.2 Å². The van der Waals surface area contributed by atoms with Crippen molar-refractivity contribution in [1.82, 2.24) is 0 Å². The van der Waals surface area contributed by atoms with Crippen LogP contribution >= 0.6 is 0 Å². The fourth-order valence-electron chi connectivity index (χ4n) is 2.34. The number of carbonyl (C=O) groups excluding carboxylic acids is 2. The van der Waals surface area contributed by atoms with Gasteiger partial charge in [0.25, 0.3) is 0 Å². The molecule has 0 aliphatic carbocycles. The molecule has 0 aliphatic heterocycles. The summed E-state index contributed by atoms with van der Waals surface area (Å²) < 4.78 is 0. The highest BCUT2D eigenvalue weighted by molar-refractivity contribution is 6.09. The second-order valence-corrected chi connectivity index (χ2v) is 4.86. The van der Waals surface area contributed by atoms with Crippen LogP contribution in [0.25, 0.3) is 10.8 Å². The third-order valence-corrected chi connectivity index (χ3v) is 3.59. The van der Waals surface area contributed by atoms with Gasteiger partial charge in [0.2, 0.25) is 5.91 Å². The molecular weight excluding hydrogens is 262 g/mol. The minimum absolute atomic E-state index is 0.127. The van der Waals surface area contributed by atoms with E-state index in [0.29, 0.717) is 5.56 Å².